The molecule has 2 aromatic rings. The van der Waals surface area contributed by atoms with Crippen LogP contribution in [-0.4, -0.2) is 37.7 Å². The van der Waals surface area contributed by atoms with Gasteiger partial charge in [-0.1, -0.05) is 30.0 Å². The number of hydrogen-bond donors (Lipinski definition) is 1. The highest BCUT2D eigenvalue weighted by Crippen LogP contribution is 2.47. The summed E-state index contributed by atoms with van der Waals surface area (Å²) in [6, 6.07) is 13.1. The number of rotatable bonds is 7. The molecule has 1 atom stereocenters. The van der Waals surface area contributed by atoms with Crippen LogP contribution in [0.4, 0.5) is 13.2 Å². The van der Waals surface area contributed by atoms with Gasteiger partial charge in [0.25, 0.3) is 0 Å². The molecule has 7 heteroatoms. The molecule has 4 rings (SSSR count). The Morgan fingerprint density at radius 2 is 2.00 bits per heavy atom. The van der Waals surface area contributed by atoms with Crippen molar-refractivity contribution in [2.45, 2.75) is 43.8 Å². The number of unbranched alkanes of at least 4 members (excludes halogenated alkanes) is 1. The Morgan fingerprint density at radius 1 is 1.22 bits per heavy atom. The van der Waals surface area contributed by atoms with E-state index in [2.05, 4.69) is 11.8 Å². The summed E-state index contributed by atoms with van der Waals surface area (Å²) in [5.41, 5.74) is 8.76. The second kappa shape index (κ2) is 9.15. The average molecular weight is 441 g/mol. The molecule has 4 nitrogen and oxygen atoms in total. The third-order valence-electron chi connectivity index (χ3n) is 5.89. The summed E-state index contributed by atoms with van der Waals surface area (Å²) in [6.07, 6.45) is 2.81. The molecule has 1 saturated carbocycles. The van der Waals surface area contributed by atoms with Gasteiger partial charge in [0.2, 0.25) is 0 Å². The molecule has 0 amide bonds. The zero-order chi connectivity index (χ0) is 22.7. The highest BCUT2D eigenvalue weighted by molar-refractivity contribution is 5.81. The molecule has 0 spiro atoms. The largest absolute Gasteiger partial charge is 0.435 e. The molecule has 1 unspecified atom stereocenters. The first kappa shape index (κ1) is 22.1. The lowest BCUT2D eigenvalue weighted by atomic mass is 9.82. The van der Waals surface area contributed by atoms with Crippen molar-refractivity contribution in [3.05, 3.63) is 64.7 Å². The topological polar surface area (TPSA) is 50.8 Å². The number of nitrogens with zero attached hydrogens (tertiary/aromatic N) is 2. The maximum atomic E-state index is 12.9. The number of guanidine groups is 1. The summed E-state index contributed by atoms with van der Waals surface area (Å²) in [5, 5.41) is 0. The molecule has 0 aromatic heterocycles. The molecular formula is C25H26F3N3O. The third-order valence-corrected chi connectivity index (χ3v) is 5.89. The van der Waals surface area contributed by atoms with E-state index in [1.54, 1.807) is 12.1 Å². The minimum atomic E-state index is -2.87. The molecule has 1 aliphatic carbocycles. The normalized spacial score (nSPS) is 20.2. The van der Waals surface area contributed by atoms with Gasteiger partial charge in [-0.2, -0.15) is 8.78 Å². The van der Waals surface area contributed by atoms with Gasteiger partial charge in [-0.05, 0) is 66.1 Å². The van der Waals surface area contributed by atoms with E-state index in [9.17, 15) is 13.2 Å². The molecule has 2 aliphatic rings. The monoisotopic (exact) mass is 441 g/mol. The van der Waals surface area contributed by atoms with Crippen LogP contribution in [0.3, 0.4) is 0 Å². The molecule has 32 heavy (non-hydrogen) atoms. The Morgan fingerprint density at radius 3 is 2.66 bits per heavy atom. The van der Waals surface area contributed by atoms with Gasteiger partial charge < -0.3 is 15.4 Å². The van der Waals surface area contributed by atoms with E-state index in [1.807, 2.05) is 42.3 Å². The maximum Gasteiger partial charge on any atom is 0.387 e. The first-order valence-electron chi connectivity index (χ1n) is 10.7. The Bertz CT molecular complexity index is 1070. The van der Waals surface area contributed by atoms with Gasteiger partial charge in [0.1, 0.15) is 11.3 Å². The molecule has 1 heterocycles. The van der Waals surface area contributed by atoms with Crippen molar-refractivity contribution >= 4 is 5.96 Å². The van der Waals surface area contributed by atoms with Crippen molar-refractivity contribution < 1.29 is 17.9 Å². The van der Waals surface area contributed by atoms with Crippen LogP contribution in [0, 0.1) is 11.8 Å². The fourth-order valence-electron chi connectivity index (χ4n) is 4.12. The third kappa shape index (κ3) is 4.55. The van der Waals surface area contributed by atoms with Crippen LogP contribution >= 0.6 is 0 Å². The number of nitrogens with two attached hydrogens (primary N) is 1. The predicted octanol–water partition coefficient (Wildman–Crippen LogP) is 4.77. The molecule has 0 saturated heterocycles. The first-order chi connectivity index (χ1) is 15.4. The zero-order valence-corrected chi connectivity index (χ0v) is 18.0. The van der Waals surface area contributed by atoms with Crippen molar-refractivity contribution in [1.29, 1.82) is 0 Å². The Labute approximate surface area is 186 Å². The van der Waals surface area contributed by atoms with Gasteiger partial charge in [0, 0.05) is 19.0 Å². The average Bonchev–Trinajstić information content (AvgIpc) is 3.57. The van der Waals surface area contributed by atoms with E-state index in [0.717, 1.165) is 35.1 Å². The lowest BCUT2D eigenvalue weighted by Crippen LogP contribution is -2.35. The number of hydrogen-bond acceptors (Lipinski definition) is 4. The summed E-state index contributed by atoms with van der Waals surface area (Å²) >= 11 is 0. The minimum Gasteiger partial charge on any atom is -0.435 e. The molecule has 0 bridgehead atoms. The predicted molar refractivity (Wildman–Crippen MR) is 119 cm³/mol. The number of halogens is 3. The van der Waals surface area contributed by atoms with Crippen molar-refractivity contribution in [3.8, 4) is 17.6 Å². The highest BCUT2D eigenvalue weighted by Gasteiger charge is 2.42. The molecule has 1 aliphatic heterocycles. The van der Waals surface area contributed by atoms with Gasteiger partial charge in [-0.15, -0.1) is 0 Å². The summed E-state index contributed by atoms with van der Waals surface area (Å²) in [6.45, 7) is -2.74. The van der Waals surface area contributed by atoms with Crippen LogP contribution in [-0.2, 0) is 5.54 Å². The molecule has 168 valence electrons. The SMILES string of the molecule is CN1CC(c2cccc(C#CCCCF)c2)(c2ccc(OC(F)F)c(C3CC3)c2)N=C1N. The van der Waals surface area contributed by atoms with Gasteiger partial charge >= 0.3 is 6.61 Å². The Balaban J connectivity index is 1.77. The van der Waals surface area contributed by atoms with E-state index in [-0.39, 0.29) is 18.3 Å². The van der Waals surface area contributed by atoms with Gasteiger partial charge in [-0.25, -0.2) is 4.99 Å². The number of ether oxygens (including phenoxy) is 1. The van der Waals surface area contributed by atoms with Gasteiger partial charge in [0.15, 0.2) is 5.96 Å². The second-order valence-electron chi connectivity index (χ2n) is 8.27. The lowest BCUT2D eigenvalue weighted by molar-refractivity contribution is -0.0504. The van der Waals surface area contributed by atoms with Crippen LogP contribution in [0.2, 0.25) is 0 Å². The zero-order valence-electron chi connectivity index (χ0n) is 18.0. The summed E-state index contributed by atoms with van der Waals surface area (Å²) in [5.74, 6) is 6.94. The van der Waals surface area contributed by atoms with E-state index in [4.69, 9.17) is 15.5 Å². The van der Waals surface area contributed by atoms with E-state index >= 15 is 0 Å². The Hall–Kier alpha value is -3.14. The number of alkyl halides is 3. The quantitative estimate of drug-likeness (QED) is 0.497. The van der Waals surface area contributed by atoms with E-state index in [1.165, 1.54) is 0 Å². The van der Waals surface area contributed by atoms with Gasteiger partial charge in [0.05, 0.1) is 13.2 Å². The summed E-state index contributed by atoms with van der Waals surface area (Å²) in [7, 11) is 1.87. The minimum absolute atomic E-state index is 0.217. The standard InChI is InChI=1S/C25H26F3N3O/c1-31-16-25(30-24(31)29,19-8-5-7-17(14-19)6-3-2-4-13-26)20-11-12-22(32-23(27)28)21(15-20)18-9-10-18/h5,7-8,11-12,14-15,18,23H,2,4,9-10,13,16H2,1H3,(H2,29,30). The molecule has 0 radical (unpaired) electrons. The molecule has 2 aromatic carbocycles. The van der Waals surface area contributed by atoms with Crippen LogP contribution in [0.5, 0.6) is 5.75 Å². The fraction of sp³-hybridized carbons (Fsp3) is 0.400. The number of aliphatic imine (C=N–C) groups is 1. The highest BCUT2D eigenvalue weighted by atomic mass is 19.3. The van der Waals surface area contributed by atoms with Crippen molar-refractivity contribution in [2.24, 2.45) is 10.7 Å². The maximum absolute atomic E-state index is 12.9. The Kier molecular flexibility index (Phi) is 6.31. The van der Waals surface area contributed by atoms with Gasteiger partial charge in [-0.3, -0.25) is 4.39 Å². The summed E-state index contributed by atoms with van der Waals surface area (Å²) < 4.78 is 43.0. The van der Waals surface area contributed by atoms with Crippen molar-refractivity contribution in [3.63, 3.8) is 0 Å². The summed E-state index contributed by atoms with van der Waals surface area (Å²) in [4.78, 5) is 6.71. The van der Waals surface area contributed by atoms with Crippen LogP contribution in [0.25, 0.3) is 0 Å². The molecule has 1 fully saturated rings. The number of likely N-dealkylation sites (N-methyl/N-ethyl adjacent to an activating group) is 1. The van der Waals surface area contributed by atoms with E-state index < -0.39 is 12.2 Å². The van der Waals surface area contributed by atoms with E-state index in [0.29, 0.717) is 25.3 Å². The fourth-order valence-corrected chi connectivity index (χ4v) is 4.12. The number of benzene rings is 2. The van der Waals surface area contributed by atoms with Crippen molar-refractivity contribution in [2.75, 3.05) is 20.3 Å². The first-order valence-corrected chi connectivity index (χ1v) is 10.7. The van der Waals surface area contributed by atoms with Crippen LogP contribution in [0.15, 0.2) is 47.5 Å². The van der Waals surface area contributed by atoms with Crippen LogP contribution in [0.1, 0.15) is 53.9 Å². The smallest absolute Gasteiger partial charge is 0.387 e. The second-order valence-corrected chi connectivity index (χ2v) is 8.27. The molecule has 2 N–H and O–H groups in total. The van der Waals surface area contributed by atoms with Crippen molar-refractivity contribution in [1.82, 2.24) is 4.90 Å². The molecular weight excluding hydrogens is 415 g/mol. The van der Waals surface area contributed by atoms with Crippen LogP contribution < -0.4 is 10.5 Å². The lowest BCUT2D eigenvalue weighted by Gasteiger charge is -2.29.